The van der Waals surface area contributed by atoms with Crippen molar-refractivity contribution in [3.8, 4) is 11.5 Å². The first-order valence-electron chi connectivity index (χ1n) is 10.2. The van der Waals surface area contributed by atoms with Crippen molar-refractivity contribution in [3.05, 3.63) is 63.6 Å². The van der Waals surface area contributed by atoms with Gasteiger partial charge in [-0.1, -0.05) is 30.3 Å². The second kappa shape index (κ2) is 8.49. The first-order valence-corrected chi connectivity index (χ1v) is 12.1. The van der Waals surface area contributed by atoms with E-state index in [4.69, 9.17) is 4.74 Å². The highest BCUT2D eigenvalue weighted by molar-refractivity contribution is 7.88. The summed E-state index contributed by atoms with van der Waals surface area (Å²) in [6.07, 6.45) is 2.37. The summed E-state index contributed by atoms with van der Waals surface area (Å²) in [5.74, 6) is -0.928. The van der Waals surface area contributed by atoms with Crippen LogP contribution in [0.1, 0.15) is 21.5 Å². The molecule has 1 amide bonds. The molecule has 4 rings (SSSR count). The SMILES string of the molecule is CNC(=O)c1c(O)c2ncc(Cc3ccccc3)c3c2n(c1=O)C[C@H](CN(C)S(C)(=O)=O)O3. The van der Waals surface area contributed by atoms with Gasteiger partial charge in [0.2, 0.25) is 10.0 Å². The Kier molecular flexibility index (Phi) is 5.85. The molecule has 0 spiro atoms. The number of nitrogens with zero attached hydrogens (tertiary/aromatic N) is 3. The number of ether oxygens (including phenoxy) is 1. The van der Waals surface area contributed by atoms with Gasteiger partial charge in [0, 0.05) is 32.3 Å². The molecule has 0 fully saturated rings. The molecule has 1 aromatic carbocycles. The third-order valence-electron chi connectivity index (χ3n) is 5.66. The van der Waals surface area contributed by atoms with Crippen molar-refractivity contribution in [1.29, 1.82) is 0 Å². The highest BCUT2D eigenvalue weighted by Crippen LogP contribution is 2.37. The smallest absolute Gasteiger partial charge is 0.268 e. The number of sulfonamides is 1. The minimum Gasteiger partial charge on any atom is -0.505 e. The minimum atomic E-state index is -3.48. The third-order valence-corrected chi connectivity index (χ3v) is 6.94. The lowest BCUT2D eigenvalue weighted by atomic mass is 10.0. The van der Waals surface area contributed by atoms with Crippen LogP contribution < -0.4 is 15.6 Å². The lowest BCUT2D eigenvalue weighted by molar-refractivity contribution is 0.0956. The molecular formula is C22H24N4O6S. The standard InChI is InChI=1S/C22H24N4O6S/c1-23-21(28)16-19(27)17-18-20(14(10-24-17)9-13-7-5-4-6-8-13)32-15(12-26(18)22(16)29)11-25(2)33(3,30)31/h4-8,10,15,27H,9,11-12H2,1-3H3,(H,23,28)/t15-/m0/s1. The van der Waals surface area contributed by atoms with Crippen molar-refractivity contribution in [2.45, 2.75) is 19.1 Å². The highest BCUT2D eigenvalue weighted by atomic mass is 32.2. The van der Waals surface area contributed by atoms with Crippen molar-refractivity contribution in [2.75, 3.05) is 26.9 Å². The normalized spacial score (nSPS) is 15.5. The average molecular weight is 473 g/mol. The molecule has 0 unspecified atom stereocenters. The van der Waals surface area contributed by atoms with Crippen molar-refractivity contribution < 1.29 is 23.1 Å². The van der Waals surface area contributed by atoms with Gasteiger partial charge in [0.1, 0.15) is 22.7 Å². The van der Waals surface area contributed by atoms with E-state index in [2.05, 4.69) is 10.3 Å². The van der Waals surface area contributed by atoms with Crippen LogP contribution in [0.4, 0.5) is 0 Å². The van der Waals surface area contributed by atoms with Crippen molar-refractivity contribution in [1.82, 2.24) is 19.2 Å². The number of carbonyl (C=O) groups excluding carboxylic acids is 1. The van der Waals surface area contributed by atoms with Crippen LogP contribution in [-0.4, -0.2) is 66.3 Å². The first kappa shape index (κ1) is 22.7. The zero-order chi connectivity index (χ0) is 23.9. The largest absolute Gasteiger partial charge is 0.505 e. The van der Waals surface area contributed by atoms with Crippen LogP contribution in [0.2, 0.25) is 0 Å². The molecular weight excluding hydrogens is 448 g/mol. The lowest BCUT2D eigenvalue weighted by Gasteiger charge is -2.31. The first-order chi connectivity index (χ1) is 15.6. The molecule has 0 bridgehead atoms. The van der Waals surface area contributed by atoms with Crippen molar-refractivity contribution >= 4 is 27.0 Å². The van der Waals surface area contributed by atoms with Crippen LogP contribution in [-0.2, 0) is 23.0 Å². The summed E-state index contributed by atoms with van der Waals surface area (Å²) in [5.41, 5.74) is 0.868. The number of aromatic hydroxyl groups is 1. The van der Waals surface area contributed by atoms with Crippen LogP contribution in [0, 0.1) is 0 Å². The van der Waals surface area contributed by atoms with E-state index in [1.807, 2.05) is 30.3 Å². The van der Waals surface area contributed by atoms with E-state index in [0.29, 0.717) is 17.7 Å². The summed E-state index contributed by atoms with van der Waals surface area (Å²) in [5, 5.41) is 13.1. The number of benzene rings is 1. The molecule has 1 aliphatic rings. The molecule has 1 aliphatic heterocycles. The molecule has 1 atom stereocenters. The Labute approximate surface area is 190 Å². The third kappa shape index (κ3) is 4.16. The Morgan fingerprint density at radius 2 is 2.03 bits per heavy atom. The number of aromatic nitrogens is 2. The highest BCUT2D eigenvalue weighted by Gasteiger charge is 2.32. The second-order valence-corrected chi connectivity index (χ2v) is 10.1. The monoisotopic (exact) mass is 472 g/mol. The molecule has 0 saturated heterocycles. The topological polar surface area (TPSA) is 131 Å². The minimum absolute atomic E-state index is 0.00447. The number of amides is 1. The van der Waals surface area contributed by atoms with Crippen molar-refractivity contribution in [2.24, 2.45) is 0 Å². The molecule has 3 aromatic rings. The molecule has 174 valence electrons. The van der Waals surface area contributed by atoms with E-state index in [1.54, 1.807) is 0 Å². The molecule has 10 nitrogen and oxygen atoms in total. The van der Waals surface area contributed by atoms with Crippen LogP contribution >= 0.6 is 0 Å². The quantitative estimate of drug-likeness (QED) is 0.540. The predicted molar refractivity (Wildman–Crippen MR) is 122 cm³/mol. The molecule has 0 radical (unpaired) electrons. The summed E-state index contributed by atoms with van der Waals surface area (Å²) in [6.45, 7) is -0.0154. The van der Waals surface area contributed by atoms with Gasteiger partial charge in [-0.05, 0) is 5.56 Å². The van der Waals surface area contributed by atoms with Gasteiger partial charge in [0.05, 0.1) is 19.3 Å². The van der Waals surface area contributed by atoms with E-state index in [1.165, 1.54) is 24.9 Å². The van der Waals surface area contributed by atoms with Crippen molar-refractivity contribution in [3.63, 3.8) is 0 Å². The number of carbonyl (C=O) groups is 1. The molecule has 2 N–H and O–H groups in total. The number of likely N-dealkylation sites (N-methyl/N-ethyl adjacent to an activating group) is 1. The van der Waals surface area contributed by atoms with Gasteiger partial charge >= 0.3 is 0 Å². The average Bonchev–Trinajstić information content (AvgIpc) is 2.78. The second-order valence-electron chi connectivity index (χ2n) is 7.97. The molecule has 33 heavy (non-hydrogen) atoms. The maximum Gasteiger partial charge on any atom is 0.268 e. The molecule has 0 saturated carbocycles. The maximum atomic E-state index is 13.2. The van der Waals surface area contributed by atoms with Gasteiger partial charge in [-0.3, -0.25) is 19.1 Å². The van der Waals surface area contributed by atoms with Gasteiger partial charge in [-0.25, -0.2) is 12.7 Å². The Hall–Kier alpha value is -3.44. The predicted octanol–water partition coefficient (Wildman–Crippen LogP) is 0.705. The zero-order valence-corrected chi connectivity index (χ0v) is 19.2. The van der Waals surface area contributed by atoms with Crippen LogP contribution in [0.15, 0.2) is 41.3 Å². The summed E-state index contributed by atoms with van der Waals surface area (Å²) in [7, 11) is -0.698. The van der Waals surface area contributed by atoms with Crippen LogP contribution in [0.3, 0.4) is 0 Å². The Bertz CT molecular complexity index is 1400. The maximum absolute atomic E-state index is 13.2. The molecule has 0 aliphatic carbocycles. The fourth-order valence-electron chi connectivity index (χ4n) is 3.90. The molecule has 3 heterocycles. The fraction of sp³-hybridized carbons (Fsp3) is 0.318. The van der Waals surface area contributed by atoms with E-state index >= 15 is 0 Å². The summed E-state index contributed by atoms with van der Waals surface area (Å²) in [6, 6.07) is 9.58. The molecule has 2 aromatic heterocycles. The number of nitrogens with one attached hydrogen (secondary N) is 1. The summed E-state index contributed by atoms with van der Waals surface area (Å²) < 4.78 is 32.6. The van der Waals surface area contributed by atoms with E-state index in [-0.39, 0.29) is 24.1 Å². The number of rotatable bonds is 6. The Morgan fingerprint density at radius 3 is 2.67 bits per heavy atom. The van der Waals surface area contributed by atoms with Crippen LogP contribution in [0.5, 0.6) is 11.5 Å². The van der Waals surface area contributed by atoms with Gasteiger partial charge < -0.3 is 15.2 Å². The number of pyridine rings is 2. The number of hydrogen-bond donors (Lipinski definition) is 2. The number of hydrogen-bond acceptors (Lipinski definition) is 7. The fourth-order valence-corrected chi connectivity index (χ4v) is 4.34. The summed E-state index contributed by atoms with van der Waals surface area (Å²) in [4.78, 5) is 29.9. The zero-order valence-electron chi connectivity index (χ0n) is 18.4. The lowest BCUT2D eigenvalue weighted by Crippen LogP contribution is -2.44. The van der Waals surface area contributed by atoms with Gasteiger partial charge in [0.15, 0.2) is 11.5 Å². The van der Waals surface area contributed by atoms with Gasteiger partial charge in [-0.2, -0.15) is 0 Å². The Balaban J connectivity index is 1.92. The Morgan fingerprint density at radius 1 is 1.33 bits per heavy atom. The van der Waals surface area contributed by atoms with E-state index < -0.39 is 38.9 Å². The molecule has 11 heteroatoms. The van der Waals surface area contributed by atoms with E-state index in [0.717, 1.165) is 16.1 Å². The van der Waals surface area contributed by atoms with Gasteiger partial charge in [0.25, 0.3) is 11.5 Å². The van der Waals surface area contributed by atoms with Gasteiger partial charge in [-0.15, -0.1) is 0 Å². The van der Waals surface area contributed by atoms with E-state index in [9.17, 15) is 23.1 Å². The summed E-state index contributed by atoms with van der Waals surface area (Å²) >= 11 is 0. The van der Waals surface area contributed by atoms with Crippen LogP contribution in [0.25, 0.3) is 11.0 Å².